The van der Waals surface area contributed by atoms with Crippen LogP contribution in [0.25, 0.3) is 0 Å². The topological polar surface area (TPSA) is 79.5 Å². The van der Waals surface area contributed by atoms with E-state index in [2.05, 4.69) is 38.5 Å². The number of amides is 2. The summed E-state index contributed by atoms with van der Waals surface area (Å²) in [6, 6.07) is 12.2. The van der Waals surface area contributed by atoms with Gasteiger partial charge in [0.25, 0.3) is 5.91 Å². The van der Waals surface area contributed by atoms with Crippen LogP contribution in [0, 0.1) is 9.49 Å². The van der Waals surface area contributed by atoms with Gasteiger partial charge in [0.1, 0.15) is 5.75 Å². The number of rotatable bonds is 5. The Labute approximate surface area is 177 Å². The molecule has 27 heavy (non-hydrogen) atoms. The average Bonchev–Trinajstić information content (AvgIpc) is 2.63. The van der Waals surface area contributed by atoms with Crippen LogP contribution < -0.4 is 20.7 Å². The van der Waals surface area contributed by atoms with Gasteiger partial charge >= 0.3 is 0 Å². The molecule has 0 bridgehead atoms. The van der Waals surface area contributed by atoms with Crippen molar-refractivity contribution in [3.05, 3.63) is 51.6 Å². The van der Waals surface area contributed by atoms with E-state index in [0.29, 0.717) is 22.7 Å². The summed E-state index contributed by atoms with van der Waals surface area (Å²) in [6.07, 6.45) is 0. The minimum atomic E-state index is -0.311. The monoisotopic (exact) mass is 497 g/mol. The van der Waals surface area contributed by atoms with E-state index in [-0.39, 0.29) is 22.8 Å². The van der Waals surface area contributed by atoms with Gasteiger partial charge in [-0.2, -0.15) is 0 Å². The summed E-state index contributed by atoms with van der Waals surface area (Å²) in [5, 5.41) is 8.58. The molecule has 3 N–H and O–H groups in total. The number of hydrogen-bond acceptors (Lipinski definition) is 4. The van der Waals surface area contributed by atoms with E-state index in [1.54, 1.807) is 49.6 Å². The van der Waals surface area contributed by atoms with Gasteiger partial charge in [-0.15, -0.1) is 0 Å². The number of hydrogen-bond donors (Lipinski definition) is 3. The van der Waals surface area contributed by atoms with E-state index in [9.17, 15) is 9.59 Å². The lowest BCUT2D eigenvalue weighted by molar-refractivity contribution is -0.118. The van der Waals surface area contributed by atoms with Crippen molar-refractivity contribution in [1.82, 2.24) is 5.32 Å². The van der Waals surface area contributed by atoms with Crippen molar-refractivity contribution in [3.8, 4) is 5.75 Å². The summed E-state index contributed by atoms with van der Waals surface area (Å²) >= 11 is 7.29. The van der Waals surface area contributed by atoms with Crippen molar-refractivity contribution in [1.29, 1.82) is 0 Å². The molecule has 142 valence electrons. The molecule has 0 aliphatic carbocycles. The zero-order chi connectivity index (χ0) is 20.0. The molecule has 0 aliphatic heterocycles. The molecule has 0 fully saturated rings. The molecule has 0 heterocycles. The van der Waals surface area contributed by atoms with Crippen LogP contribution >= 0.6 is 34.8 Å². The van der Waals surface area contributed by atoms with E-state index >= 15 is 0 Å². The number of benzene rings is 2. The Bertz CT molecular complexity index is 854. The van der Waals surface area contributed by atoms with Crippen LogP contribution in [-0.4, -0.2) is 24.0 Å². The van der Waals surface area contributed by atoms with Crippen molar-refractivity contribution < 1.29 is 14.3 Å². The third-order valence-corrected chi connectivity index (χ3v) is 4.62. The molecular formula is C19H20IN3O3S. The zero-order valence-corrected chi connectivity index (χ0v) is 18.1. The Morgan fingerprint density at radius 2 is 1.63 bits per heavy atom. The maximum absolute atomic E-state index is 12.3. The highest BCUT2D eigenvalue weighted by Crippen LogP contribution is 2.21. The molecule has 2 rings (SSSR count). The summed E-state index contributed by atoms with van der Waals surface area (Å²) in [5.74, 6) is 0.255. The Hall–Kier alpha value is -2.20. The van der Waals surface area contributed by atoms with Gasteiger partial charge in [0, 0.05) is 22.9 Å². The number of anilines is 2. The van der Waals surface area contributed by atoms with E-state index in [1.807, 2.05) is 13.8 Å². The van der Waals surface area contributed by atoms with Crippen LogP contribution in [0.15, 0.2) is 42.5 Å². The van der Waals surface area contributed by atoms with Crippen molar-refractivity contribution in [2.45, 2.75) is 13.8 Å². The average molecular weight is 497 g/mol. The Kier molecular flexibility index (Phi) is 7.55. The Balaban J connectivity index is 1.94. The molecule has 0 atom stereocenters. The first-order chi connectivity index (χ1) is 12.8. The molecule has 8 heteroatoms. The van der Waals surface area contributed by atoms with Gasteiger partial charge in [0.05, 0.1) is 10.7 Å². The quantitative estimate of drug-likeness (QED) is 0.430. The number of methoxy groups -OCH3 is 1. The Morgan fingerprint density at radius 3 is 2.15 bits per heavy atom. The molecule has 0 aromatic heterocycles. The number of carbonyl (C=O) groups excluding carboxylic acids is 2. The third-order valence-electron chi connectivity index (χ3n) is 3.58. The summed E-state index contributed by atoms with van der Waals surface area (Å²) in [6.45, 7) is 3.66. The van der Waals surface area contributed by atoms with Crippen molar-refractivity contribution in [3.63, 3.8) is 0 Å². The van der Waals surface area contributed by atoms with Gasteiger partial charge in [-0.05, 0) is 77.3 Å². The molecule has 0 saturated heterocycles. The second kappa shape index (κ2) is 9.65. The van der Waals surface area contributed by atoms with E-state index in [4.69, 9.17) is 17.0 Å². The molecule has 0 aliphatic rings. The molecule has 0 unspecified atom stereocenters. The highest BCUT2D eigenvalue weighted by atomic mass is 127. The molecule has 6 nitrogen and oxygen atoms in total. The van der Waals surface area contributed by atoms with Gasteiger partial charge in [-0.25, -0.2) is 0 Å². The lowest BCUT2D eigenvalue weighted by Gasteiger charge is -2.12. The highest BCUT2D eigenvalue weighted by Gasteiger charge is 2.11. The summed E-state index contributed by atoms with van der Waals surface area (Å²) in [5.41, 5.74) is 1.88. The minimum absolute atomic E-state index is 0.0485. The first-order valence-electron chi connectivity index (χ1n) is 8.17. The van der Waals surface area contributed by atoms with Gasteiger partial charge in [0.2, 0.25) is 5.91 Å². The fraction of sp³-hybridized carbons (Fsp3) is 0.211. The van der Waals surface area contributed by atoms with E-state index in [1.165, 1.54) is 0 Å². The van der Waals surface area contributed by atoms with Crippen LogP contribution in [-0.2, 0) is 4.79 Å². The van der Waals surface area contributed by atoms with Gasteiger partial charge in [-0.1, -0.05) is 13.8 Å². The second-order valence-electron chi connectivity index (χ2n) is 5.98. The maximum atomic E-state index is 12.3. The molecule has 2 aromatic rings. The van der Waals surface area contributed by atoms with Gasteiger partial charge in [0.15, 0.2) is 5.11 Å². The second-order valence-corrected chi connectivity index (χ2v) is 7.55. The standard InChI is InChI=1S/C19H20IN3O3S/c1-11(2)17(24)21-13-5-7-14(8-6-13)22-19(27)23-18(25)12-4-9-16(26-3)15(20)10-12/h4-11H,1-3H3,(H,21,24)(H2,22,23,25,27). The summed E-state index contributed by atoms with van der Waals surface area (Å²) < 4.78 is 6.02. The fourth-order valence-electron chi connectivity index (χ4n) is 2.07. The SMILES string of the molecule is COc1ccc(C(=O)NC(=S)Nc2ccc(NC(=O)C(C)C)cc2)cc1I. The number of thiocarbonyl (C=S) groups is 1. The minimum Gasteiger partial charge on any atom is -0.496 e. The molecule has 0 radical (unpaired) electrons. The lowest BCUT2D eigenvalue weighted by Crippen LogP contribution is -2.34. The predicted molar refractivity (Wildman–Crippen MR) is 119 cm³/mol. The van der Waals surface area contributed by atoms with Crippen LogP contribution in [0.4, 0.5) is 11.4 Å². The van der Waals surface area contributed by atoms with Crippen molar-refractivity contribution in [2.75, 3.05) is 17.7 Å². The van der Waals surface area contributed by atoms with Crippen LogP contribution in [0.3, 0.4) is 0 Å². The summed E-state index contributed by atoms with van der Waals surface area (Å²) in [7, 11) is 1.58. The molecule has 0 saturated carbocycles. The maximum Gasteiger partial charge on any atom is 0.257 e. The van der Waals surface area contributed by atoms with E-state index in [0.717, 1.165) is 3.57 Å². The van der Waals surface area contributed by atoms with Gasteiger partial charge < -0.3 is 15.4 Å². The van der Waals surface area contributed by atoms with Crippen LogP contribution in [0.2, 0.25) is 0 Å². The third kappa shape index (κ3) is 6.17. The normalized spacial score (nSPS) is 10.3. The number of nitrogens with one attached hydrogen (secondary N) is 3. The lowest BCUT2D eigenvalue weighted by atomic mass is 10.2. The first kappa shape index (κ1) is 21.1. The Morgan fingerprint density at radius 1 is 1.04 bits per heavy atom. The molecular weight excluding hydrogens is 477 g/mol. The van der Waals surface area contributed by atoms with Crippen LogP contribution in [0.1, 0.15) is 24.2 Å². The van der Waals surface area contributed by atoms with Gasteiger partial charge in [-0.3, -0.25) is 14.9 Å². The van der Waals surface area contributed by atoms with E-state index < -0.39 is 0 Å². The predicted octanol–water partition coefficient (Wildman–Crippen LogP) is 4.02. The molecule has 2 aromatic carbocycles. The number of ether oxygens (including phenoxy) is 1. The van der Waals surface area contributed by atoms with Crippen molar-refractivity contribution >= 4 is 63.1 Å². The summed E-state index contributed by atoms with van der Waals surface area (Å²) in [4.78, 5) is 24.0. The smallest absolute Gasteiger partial charge is 0.257 e. The first-order valence-corrected chi connectivity index (χ1v) is 9.65. The molecule has 0 spiro atoms. The highest BCUT2D eigenvalue weighted by molar-refractivity contribution is 14.1. The number of carbonyl (C=O) groups is 2. The fourth-order valence-corrected chi connectivity index (χ4v) is 3.01. The number of halogens is 1. The van der Waals surface area contributed by atoms with Crippen molar-refractivity contribution in [2.24, 2.45) is 5.92 Å². The van der Waals surface area contributed by atoms with Crippen LogP contribution in [0.5, 0.6) is 5.75 Å². The zero-order valence-electron chi connectivity index (χ0n) is 15.1. The molecule has 2 amide bonds. The largest absolute Gasteiger partial charge is 0.496 e.